The van der Waals surface area contributed by atoms with Gasteiger partial charge in [-0.2, -0.15) is 5.10 Å². The maximum atomic E-state index is 13.0. The van der Waals surface area contributed by atoms with Crippen molar-refractivity contribution in [1.82, 2.24) is 20.5 Å². The smallest absolute Gasteiger partial charge is 0.269 e. The molecule has 1 fully saturated rings. The fourth-order valence-corrected chi connectivity index (χ4v) is 3.43. The Kier molecular flexibility index (Phi) is 5.55. The molecular weight excluding hydrogens is 369 g/mol. The molecule has 3 aromatic rings. The highest BCUT2D eigenvalue weighted by atomic mass is 19.1. The summed E-state index contributed by atoms with van der Waals surface area (Å²) in [5, 5.41) is 9.74. The Balaban J connectivity index is 1.33. The SMILES string of the molecule is CC1CCN(c2ccc(CNC(=O)c3cc(-c4ccc(F)cc4)n[nH]3)cn2)CC1. The number of carbonyl (C=O) groups excluding carboxylic acids is 1. The van der Waals surface area contributed by atoms with Crippen LogP contribution in [0.1, 0.15) is 35.8 Å². The molecule has 0 aliphatic carbocycles. The van der Waals surface area contributed by atoms with Crippen LogP contribution in [0.3, 0.4) is 0 Å². The van der Waals surface area contributed by atoms with Gasteiger partial charge in [-0.05, 0) is 60.7 Å². The molecule has 1 saturated heterocycles. The van der Waals surface area contributed by atoms with E-state index in [1.165, 1.54) is 25.0 Å². The van der Waals surface area contributed by atoms with Crippen LogP contribution in [0, 0.1) is 11.7 Å². The van der Waals surface area contributed by atoms with Crippen LogP contribution in [0.15, 0.2) is 48.7 Å². The van der Waals surface area contributed by atoms with Crippen LogP contribution in [0.25, 0.3) is 11.3 Å². The molecule has 0 bridgehead atoms. The Labute approximate surface area is 169 Å². The summed E-state index contributed by atoms with van der Waals surface area (Å²) in [5.41, 5.74) is 2.63. The van der Waals surface area contributed by atoms with Gasteiger partial charge in [-0.25, -0.2) is 9.37 Å². The first kappa shape index (κ1) is 19.1. The van der Waals surface area contributed by atoms with Crippen LogP contribution in [0.4, 0.5) is 10.2 Å². The van der Waals surface area contributed by atoms with Crippen molar-refractivity contribution in [2.45, 2.75) is 26.3 Å². The molecule has 2 N–H and O–H groups in total. The zero-order valence-corrected chi connectivity index (χ0v) is 16.4. The molecular formula is C22H24FN5O. The number of benzene rings is 1. The first-order chi connectivity index (χ1) is 14.1. The van der Waals surface area contributed by atoms with E-state index in [1.807, 2.05) is 18.3 Å². The fraction of sp³-hybridized carbons (Fsp3) is 0.318. The van der Waals surface area contributed by atoms with E-state index in [0.29, 0.717) is 17.9 Å². The van der Waals surface area contributed by atoms with E-state index in [1.54, 1.807) is 18.2 Å². The van der Waals surface area contributed by atoms with Crippen molar-refractivity contribution in [2.24, 2.45) is 5.92 Å². The highest BCUT2D eigenvalue weighted by Gasteiger charge is 2.17. The third-order valence-corrected chi connectivity index (χ3v) is 5.33. The van der Waals surface area contributed by atoms with Crippen molar-refractivity contribution in [2.75, 3.05) is 18.0 Å². The van der Waals surface area contributed by atoms with Gasteiger partial charge >= 0.3 is 0 Å². The number of aromatic amines is 1. The molecule has 0 saturated carbocycles. The molecule has 0 spiro atoms. The Morgan fingerprint density at radius 3 is 2.66 bits per heavy atom. The number of aromatic nitrogens is 3. The van der Waals surface area contributed by atoms with Gasteiger partial charge in [0.05, 0.1) is 5.69 Å². The summed E-state index contributed by atoms with van der Waals surface area (Å²) in [7, 11) is 0. The number of halogens is 1. The van der Waals surface area contributed by atoms with Gasteiger partial charge in [-0.3, -0.25) is 9.89 Å². The fourth-order valence-electron chi connectivity index (χ4n) is 3.43. The third-order valence-electron chi connectivity index (χ3n) is 5.33. The van der Waals surface area contributed by atoms with Crippen molar-refractivity contribution in [3.63, 3.8) is 0 Å². The van der Waals surface area contributed by atoms with Crippen molar-refractivity contribution < 1.29 is 9.18 Å². The molecule has 3 heterocycles. The average molecular weight is 393 g/mol. The summed E-state index contributed by atoms with van der Waals surface area (Å²) in [5.74, 6) is 1.22. The molecule has 0 atom stereocenters. The van der Waals surface area contributed by atoms with Gasteiger partial charge in [0, 0.05) is 31.4 Å². The monoisotopic (exact) mass is 393 g/mol. The number of amides is 1. The molecule has 2 aromatic heterocycles. The Morgan fingerprint density at radius 2 is 1.97 bits per heavy atom. The van der Waals surface area contributed by atoms with Gasteiger partial charge in [0.25, 0.3) is 5.91 Å². The summed E-state index contributed by atoms with van der Waals surface area (Å²) < 4.78 is 13.0. The zero-order chi connectivity index (χ0) is 20.2. The summed E-state index contributed by atoms with van der Waals surface area (Å²) >= 11 is 0. The van der Waals surface area contributed by atoms with E-state index in [-0.39, 0.29) is 11.7 Å². The first-order valence-corrected chi connectivity index (χ1v) is 9.88. The second-order valence-electron chi connectivity index (χ2n) is 7.55. The second kappa shape index (κ2) is 8.43. The molecule has 1 aromatic carbocycles. The van der Waals surface area contributed by atoms with Gasteiger partial charge in [0.15, 0.2) is 0 Å². The van der Waals surface area contributed by atoms with Crippen LogP contribution < -0.4 is 10.2 Å². The van der Waals surface area contributed by atoms with Crippen LogP contribution in [0.2, 0.25) is 0 Å². The molecule has 1 aliphatic rings. The number of nitrogens with one attached hydrogen (secondary N) is 2. The number of nitrogens with zero attached hydrogens (tertiary/aromatic N) is 3. The van der Waals surface area contributed by atoms with Crippen molar-refractivity contribution in [3.8, 4) is 11.3 Å². The molecule has 0 unspecified atom stereocenters. The lowest BCUT2D eigenvalue weighted by Gasteiger charge is -2.31. The number of piperidine rings is 1. The van der Waals surface area contributed by atoms with Gasteiger partial charge < -0.3 is 10.2 Å². The molecule has 4 rings (SSSR count). The average Bonchev–Trinajstić information content (AvgIpc) is 3.24. The molecule has 6 nitrogen and oxygen atoms in total. The number of H-pyrrole nitrogens is 1. The number of rotatable bonds is 5. The maximum absolute atomic E-state index is 13.0. The van der Waals surface area contributed by atoms with E-state index >= 15 is 0 Å². The quantitative estimate of drug-likeness (QED) is 0.692. The summed E-state index contributed by atoms with van der Waals surface area (Å²) in [6, 6.07) is 11.7. The lowest BCUT2D eigenvalue weighted by molar-refractivity contribution is 0.0946. The number of hydrogen-bond donors (Lipinski definition) is 2. The van der Waals surface area contributed by atoms with Crippen molar-refractivity contribution in [3.05, 3.63) is 65.7 Å². The van der Waals surface area contributed by atoms with E-state index in [2.05, 4.69) is 32.3 Å². The van der Waals surface area contributed by atoms with E-state index in [9.17, 15) is 9.18 Å². The standard InChI is InChI=1S/C22H24FN5O/c1-15-8-10-28(11-9-15)21-7-2-16(13-24-21)14-25-22(29)20-12-19(26-27-20)17-3-5-18(23)6-4-17/h2-7,12-13,15H,8-11,14H2,1H3,(H,25,29)(H,26,27). The minimum atomic E-state index is -0.309. The largest absolute Gasteiger partial charge is 0.357 e. The summed E-state index contributed by atoms with van der Waals surface area (Å²) in [6.07, 6.45) is 4.21. The summed E-state index contributed by atoms with van der Waals surface area (Å²) in [6.45, 7) is 4.76. The minimum Gasteiger partial charge on any atom is -0.357 e. The lowest BCUT2D eigenvalue weighted by Crippen LogP contribution is -2.33. The van der Waals surface area contributed by atoms with Gasteiger partial charge in [-0.15, -0.1) is 0 Å². The van der Waals surface area contributed by atoms with Gasteiger partial charge in [0.1, 0.15) is 17.3 Å². The van der Waals surface area contributed by atoms with Crippen molar-refractivity contribution >= 4 is 11.7 Å². The molecule has 7 heteroatoms. The number of pyridine rings is 1. The predicted octanol–water partition coefficient (Wildman–Crippen LogP) is 3.78. The third kappa shape index (κ3) is 4.62. The highest BCUT2D eigenvalue weighted by Crippen LogP contribution is 2.21. The topological polar surface area (TPSA) is 73.9 Å². The first-order valence-electron chi connectivity index (χ1n) is 9.88. The van der Waals surface area contributed by atoms with Crippen LogP contribution in [-0.4, -0.2) is 34.2 Å². The molecule has 150 valence electrons. The Hall–Kier alpha value is -3.22. The van der Waals surface area contributed by atoms with E-state index in [0.717, 1.165) is 36.0 Å². The lowest BCUT2D eigenvalue weighted by atomic mass is 9.99. The predicted molar refractivity (Wildman–Crippen MR) is 110 cm³/mol. The van der Waals surface area contributed by atoms with Gasteiger partial charge in [-0.1, -0.05) is 13.0 Å². The van der Waals surface area contributed by atoms with Gasteiger partial charge in [0.2, 0.25) is 0 Å². The molecule has 1 amide bonds. The highest BCUT2D eigenvalue weighted by molar-refractivity contribution is 5.93. The molecule has 1 aliphatic heterocycles. The number of anilines is 1. The minimum absolute atomic E-state index is 0.250. The number of carbonyl (C=O) groups is 1. The van der Waals surface area contributed by atoms with E-state index < -0.39 is 0 Å². The van der Waals surface area contributed by atoms with Crippen LogP contribution in [-0.2, 0) is 6.54 Å². The normalized spacial score (nSPS) is 14.8. The van der Waals surface area contributed by atoms with Crippen LogP contribution >= 0.6 is 0 Å². The maximum Gasteiger partial charge on any atom is 0.269 e. The van der Waals surface area contributed by atoms with Crippen LogP contribution in [0.5, 0.6) is 0 Å². The Morgan fingerprint density at radius 1 is 1.21 bits per heavy atom. The zero-order valence-electron chi connectivity index (χ0n) is 16.4. The number of hydrogen-bond acceptors (Lipinski definition) is 4. The second-order valence-corrected chi connectivity index (χ2v) is 7.55. The molecule has 0 radical (unpaired) electrons. The van der Waals surface area contributed by atoms with Crippen molar-refractivity contribution in [1.29, 1.82) is 0 Å². The Bertz CT molecular complexity index is 960. The van der Waals surface area contributed by atoms with E-state index in [4.69, 9.17) is 0 Å². The summed E-state index contributed by atoms with van der Waals surface area (Å²) in [4.78, 5) is 19.3. The molecule has 29 heavy (non-hydrogen) atoms.